The first-order valence-corrected chi connectivity index (χ1v) is 11.3. The van der Waals surface area contributed by atoms with Gasteiger partial charge >= 0.3 is 0 Å². The molecule has 0 bridgehead atoms. The summed E-state index contributed by atoms with van der Waals surface area (Å²) in [6, 6.07) is 21.2. The minimum atomic E-state index is 0.168. The molecule has 150 valence electrons. The van der Waals surface area contributed by atoms with E-state index >= 15 is 0 Å². The molecule has 31 heavy (non-hydrogen) atoms. The first kappa shape index (κ1) is 18.7. The highest BCUT2D eigenvalue weighted by Gasteiger charge is 2.33. The maximum Gasteiger partial charge on any atom is 0.227 e. The van der Waals surface area contributed by atoms with Crippen molar-refractivity contribution in [2.45, 2.75) is 30.9 Å². The molecule has 5 heteroatoms. The highest BCUT2D eigenvalue weighted by atomic mass is 16.3. The fraction of sp³-hybridized carbons (Fsp3) is 0.231. The summed E-state index contributed by atoms with van der Waals surface area (Å²) in [6.07, 6.45) is 7.34. The standard InChI is InChI=1S/C26H24B2N2O/c27-26(28,18-6-2-3-7-18)19-11-12-29-23(15-19)17-9-10-20-21-13-16-5-1-4-8-22(16)30-25(21)31-24(20)14-17/h1,4-5,8-15,18H,2-3,6-7,27-28H2. The third-order valence-corrected chi connectivity index (χ3v) is 7.34. The van der Waals surface area contributed by atoms with Gasteiger partial charge in [0.25, 0.3) is 0 Å². The average molecular weight is 402 g/mol. The summed E-state index contributed by atoms with van der Waals surface area (Å²) >= 11 is 0. The van der Waals surface area contributed by atoms with Crippen LogP contribution >= 0.6 is 0 Å². The van der Waals surface area contributed by atoms with Crippen LogP contribution in [0.1, 0.15) is 31.2 Å². The van der Waals surface area contributed by atoms with Crippen molar-refractivity contribution in [2.24, 2.45) is 5.92 Å². The monoisotopic (exact) mass is 402 g/mol. The van der Waals surface area contributed by atoms with Crippen LogP contribution in [0.2, 0.25) is 0 Å². The van der Waals surface area contributed by atoms with Gasteiger partial charge in [-0.25, -0.2) is 4.98 Å². The van der Waals surface area contributed by atoms with E-state index in [1.807, 2.05) is 24.4 Å². The van der Waals surface area contributed by atoms with Crippen LogP contribution in [-0.4, -0.2) is 25.7 Å². The van der Waals surface area contributed by atoms with Crippen molar-refractivity contribution in [1.29, 1.82) is 0 Å². The highest BCUT2D eigenvalue weighted by Crippen LogP contribution is 2.39. The number of aromatic nitrogens is 2. The van der Waals surface area contributed by atoms with Gasteiger partial charge in [0.2, 0.25) is 5.71 Å². The summed E-state index contributed by atoms with van der Waals surface area (Å²) in [5.41, 5.74) is 5.97. The largest absolute Gasteiger partial charge is 0.438 e. The molecule has 6 rings (SSSR count). The summed E-state index contributed by atoms with van der Waals surface area (Å²) in [7, 11) is 4.78. The van der Waals surface area contributed by atoms with Gasteiger partial charge in [-0.15, -0.1) is 0 Å². The zero-order valence-electron chi connectivity index (χ0n) is 18.1. The Morgan fingerprint density at radius 1 is 0.903 bits per heavy atom. The van der Waals surface area contributed by atoms with Gasteiger partial charge in [-0.2, -0.15) is 0 Å². The lowest BCUT2D eigenvalue weighted by Gasteiger charge is -2.32. The highest BCUT2D eigenvalue weighted by molar-refractivity contribution is 6.40. The Balaban J connectivity index is 1.44. The number of nitrogens with zero attached hydrogens (tertiary/aromatic N) is 2. The van der Waals surface area contributed by atoms with Gasteiger partial charge in [0.1, 0.15) is 21.3 Å². The number of hydrogen-bond acceptors (Lipinski definition) is 3. The van der Waals surface area contributed by atoms with E-state index in [4.69, 9.17) is 14.4 Å². The summed E-state index contributed by atoms with van der Waals surface area (Å²) in [5.74, 6) is 0.751. The maximum absolute atomic E-state index is 6.16. The smallest absolute Gasteiger partial charge is 0.227 e. The Labute approximate surface area is 183 Å². The molecular formula is C26H24B2N2O. The molecule has 1 fully saturated rings. The quantitative estimate of drug-likeness (QED) is 0.407. The molecule has 1 saturated carbocycles. The molecule has 0 atom stereocenters. The second-order valence-electron chi connectivity index (χ2n) is 9.48. The topological polar surface area (TPSA) is 38.9 Å². The van der Waals surface area contributed by atoms with Crippen LogP contribution in [0.3, 0.4) is 0 Å². The van der Waals surface area contributed by atoms with Crippen LogP contribution in [0.5, 0.6) is 0 Å². The lowest BCUT2D eigenvalue weighted by molar-refractivity contribution is 0.486. The molecule has 0 amide bonds. The number of pyridine rings is 2. The Morgan fingerprint density at radius 2 is 1.74 bits per heavy atom. The molecule has 0 spiro atoms. The van der Waals surface area contributed by atoms with E-state index in [9.17, 15) is 0 Å². The summed E-state index contributed by atoms with van der Waals surface area (Å²) in [5, 5.41) is 3.45. The number of rotatable bonds is 3. The van der Waals surface area contributed by atoms with Crippen LogP contribution in [0, 0.1) is 5.92 Å². The van der Waals surface area contributed by atoms with Gasteiger partial charge in [-0.1, -0.05) is 60.7 Å². The molecule has 0 unspecified atom stereocenters. The number of fused-ring (bicyclic) bond motifs is 4. The fourth-order valence-electron chi connectivity index (χ4n) is 5.33. The number of benzene rings is 2. The maximum atomic E-state index is 6.16. The second kappa shape index (κ2) is 6.98. The van der Waals surface area contributed by atoms with Crippen LogP contribution < -0.4 is 0 Å². The molecule has 5 aromatic rings. The first-order chi connectivity index (χ1) is 15.1. The molecule has 3 aromatic heterocycles. The lowest BCUT2D eigenvalue weighted by atomic mass is 9.45. The van der Waals surface area contributed by atoms with Gasteiger partial charge < -0.3 is 4.42 Å². The van der Waals surface area contributed by atoms with Crippen molar-refractivity contribution in [3.8, 4) is 11.3 Å². The van der Waals surface area contributed by atoms with E-state index < -0.39 is 0 Å². The fourth-order valence-corrected chi connectivity index (χ4v) is 5.33. The van der Waals surface area contributed by atoms with Crippen LogP contribution in [-0.2, 0) is 5.21 Å². The Kier molecular flexibility index (Phi) is 4.21. The minimum absolute atomic E-state index is 0.168. The van der Waals surface area contributed by atoms with Crippen molar-refractivity contribution >= 4 is 48.7 Å². The number of furan rings is 1. The molecule has 1 aliphatic rings. The summed E-state index contributed by atoms with van der Waals surface area (Å²) < 4.78 is 6.16. The molecule has 0 N–H and O–H groups in total. The van der Waals surface area contributed by atoms with Crippen molar-refractivity contribution in [2.75, 3.05) is 0 Å². The SMILES string of the molecule is BC(B)(c1ccnc(-c2ccc3c(c2)oc2nc4ccccc4cc23)c1)C1CCCC1. The van der Waals surface area contributed by atoms with Crippen LogP contribution in [0.4, 0.5) is 0 Å². The van der Waals surface area contributed by atoms with Gasteiger partial charge in [0, 0.05) is 27.9 Å². The Morgan fingerprint density at radius 3 is 2.61 bits per heavy atom. The third kappa shape index (κ3) is 3.06. The van der Waals surface area contributed by atoms with E-state index in [1.165, 1.54) is 31.2 Å². The molecule has 3 nitrogen and oxygen atoms in total. The zero-order valence-corrected chi connectivity index (χ0v) is 18.1. The Bertz CT molecular complexity index is 1430. The predicted molar refractivity (Wildman–Crippen MR) is 133 cm³/mol. The van der Waals surface area contributed by atoms with Gasteiger partial charge in [-0.05, 0) is 42.3 Å². The van der Waals surface area contributed by atoms with Crippen LogP contribution in [0.25, 0.3) is 44.2 Å². The van der Waals surface area contributed by atoms with Crippen molar-refractivity contribution in [1.82, 2.24) is 9.97 Å². The summed E-state index contributed by atoms with van der Waals surface area (Å²) in [4.78, 5) is 9.42. The molecule has 0 radical (unpaired) electrons. The molecule has 3 heterocycles. The third-order valence-electron chi connectivity index (χ3n) is 7.34. The van der Waals surface area contributed by atoms with E-state index in [0.717, 1.165) is 44.4 Å². The van der Waals surface area contributed by atoms with E-state index in [1.54, 1.807) is 0 Å². The predicted octanol–water partition coefficient (Wildman–Crippen LogP) is 4.81. The first-order valence-electron chi connectivity index (χ1n) is 11.3. The van der Waals surface area contributed by atoms with E-state index in [2.05, 4.69) is 58.2 Å². The molecular weight excluding hydrogens is 378 g/mol. The van der Waals surface area contributed by atoms with Gasteiger partial charge in [-0.3, -0.25) is 4.98 Å². The normalized spacial score (nSPS) is 15.4. The van der Waals surface area contributed by atoms with E-state index in [0.29, 0.717) is 5.71 Å². The molecule has 2 aromatic carbocycles. The molecule has 0 aliphatic heterocycles. The molecule has 1 aliphatic carbocycles. The second-order valence-corrected chi connectivity index (χ2v) is 9.48. The number of para-hydroxylation sites is 1. The Hall–Kier alpha value is -3.07. The van der Waals surface area contributed by atoms with Gasteiger partial charge in [0.15, 0.2) is 0 Å². The lowest BCUT2D eigenvalue weighted by Crippen LogP contribution is -2.35. The number of hydrogen-bond donors (Lipinski definition) is 0. The summed E-state index contributed by atoms with van der Waals surface area (Å²) in [6.45, 7) is 0. The average Bonchev–Trinajstić information content (AvgIpc) is 3.46. The minimum Gasteiger partial charge on any atom is -0.438 e. The zero-order chi connectivity index (χ0) is 21.0. The van der Waals surface area contributed by atoms with E-state index in [-0.39, 0.29) is 5.21 Å². The molecule has 0 saturated heterocycles. The van der Waals surface area contributed by atoms with Crippen molar-refractivity contribution in [3.63, 3.8) is 0 Å². The van der Waals surface area contributed by atoms with Crippen LogP contribution in [0.15, 0.2) is 71.3 Å². The van der Waals surface area contributed by atoms with Gasteiger partial charge in [0.05, 0.1) is 11.2 Å². The van der Waals surface area contributed by atoms with Crippen molar-refractivity contribution < 1.29 is 4.42 Å². The van der Waals surface area contributed by atoms with Crippen molar-refractivity contribution in [3.05, 3.63) is 72.4 Å².